The van der Waals surface area contributed by atoms with Gasteiger partial charge >= 0.3 is 0 Å². The lowest BCUT2D eigenvalue weighted by Crippen LogP contribution is -1.99. The van der Waals surface area contributed by atoms with E-state index in [4.69, 9.17) is 11.6 Å². The van der Waals surface area contributed by atoms with Crippen LogP contribution < -0.4 is 0 Å². The highest BCUT2D eigenvalue weighted by Gasteiger charge is 2.08. The first kappa shape index (κ1) is 15.4. The van der Waals surface area contributed by atoms with Gasteiger partial charge in [0.1, 0.15) is 0 Å². The van der Waals surface area contributed by atoms with E-state index >= 15 is 0 Å². The lowest BCUT2D eigenvalue weighted by atomic mass is 10.2. The third-order valence-electron chi connectivity index (χ3n) is 2.75. The van der Waals surface area contributed by atoms with Gasteiger partial charge < -0.3 is 10.2 Å². The quantitative estimate of drug-likeness (QED) is 0.846. The molecule has 0 radical (unpaired) electrons. The molecule has 0 aliphatic carbocycles. The Kier molecular flexibility index (Phi) is 4.55. The van der Waals surface area contributed by atoms with Gasteiger partial charge in [0.2, 0.25) is 0 Å². The van der Waals surface area contributed by atoms with E-state index in [0.29, 0.717) is 16.1 Å². The molecule has 0 saturated heterocycles. The van der Waals surface area contributed by atoms with Crippen molar-refractivity contribution in [3.05, 3.63) is 64.0 Å². The van der Waals surface area contributed by atoms with Crippen LogP contribution in [0.15, 0.2) is 47.9 Å². The molecule has 0 spiro atoms. The van der Waals surface area contributed by atoms with Crippen molar-refractivity contribution < 1.29 is 18.6 Å². The van der Waals surface area contributed by atoms with Crippen molar-refractivity contribution in [3.8, 4) is 11.5 Å². The van der Waals surface area contributed by atoms with Gasteiger partial charge in [-0.1, -0.05) is 29.8 Å². The Hall–Kier alpha value is -1.98. The van der Waals surface area contributed by atoms with Crippen molar-refractivity contribution in [2.45, 2.75) is 5.75 Å². The molecule has 0 unspecified atom stereocenters. The second kappa shape index (κ2) is 6.20. The summed E-state index contributed by atoms with van der Waals surface area (Å²) in [5.41, 5.74) is 1.11. The average Bonchev–Trinajstić information content (AvgIpc) is 2.43. The SMILES string of the molecule is O=S(=O)(C=Cc1ccc(O)c(O)c1)Cc1ccc(Cl)cc1. The Morgan fingerprint density at radius 1 is 1.00 bits per heavy atom. The Labute approximate surface area is 127 Å². The summed E-state index contributed by atoms with van der Waals surface area (Å²) >= 11 is 5.74. The first-order chi connectivity index (χ1) is 9.85. The van der Waals surface area contributed by atoms with Crippen molar-refractivity contribution >= 4 is 27.5 Å². The predicted octanol–water partition coefficient (Wildman–Crippen LogP) is 3.34. The van der Waals surface area contributed by atoms with Gasteiger partial charge in [0.05, 0.1) is 5.75 Å². The molecule has 0 atom stereocenters. The normalized spacial score (nSPS) is 11.9. The minimum absolute atomic E-state index is 0.134. The highest BCUT2D eigenvalue weighted by molar-refractivity contribution is 7.93. The molecule has 0 bridgehead atoms. The number of sulfone groups is 1. The molecule has 0 aliphatic heterocycles. The molecule has 2 N–H and O–H groups in total. The number of rotatable bonds is 4. The van der Waals surface area contributed by atoms with E-state index in [-0.39, 0.29) is 17.3 Å². The number of phenols is 2. The van der Waals surface area contributed by atoms with Crippen LogP contribution in [-0.4, -0.2) is 18.6 Å². The minimum Gasteiger partial charge on any atom is -0.504 e. The fraction of sp³-hybridized carbons (Fsp3) is 0.0667. The van der Waals surface area contributed by atoms with Gasteiger partial charge in [-0.2, -0.15) is 0 Å². The van der Waals surface area contributed by atoms with Gasteiger partial charge in [-0.05, 0) is 41.5 Å². The first-order valence-electron chi connectivity index (χ1n) is 6.03. The summed E-state index contributed by atoms with van der Waals surface area (Å²) < 4.78 is 24.0. The van der Waals surface area contributed by atoms with E-state index in [9.17, 15) is 18.6 Å². The molecule has 2 aromatic rings. The lowest BCUT2D eigenvalue weighted by Gasteiger charge is -2.01. The molecule has 0 aliphatic rings. The molecule has 4 nitrogen and oxygen atoms in total. The smallest absolute Gasteiger partial charge is 0.175 e. The molecule has 6 heteroatoms. The lowest BCUT2D eigenvalue weighted by molar-refractivity contribution is 0.403. The van der Waals surface area contributed by atoms with Crippen LogP contribution in [0.25, 0.3) is 6.08 Å². The van der Waals surface area contributed by atoms with Gasteiger partial charge in [0, 0.05) is 10.4 Å². The Balaban J connectivity index is 2.14. The summed E-state index contributed by atoms with van der Waals surface area (Å²) in [7, 11) is -3.44. The van der Waals surface area contributed by atoms with Gasteiger partial charge in [-0.25, -0.2) is 8.42 Å². The van der Waals surface area contributed by atoms with Crippen molar-refractivity contribution in [2.75, 3.05) is 0 Å². The van der Waals surface area contributed by atoms with E-state index < -0.39 is 9.84 Å². The number of benzene rings is 2. The number of hydrogen-bond acceptors (Lipinski definition) is 4. The molecular formula is C15H13ClO4S. The van der Waals surface area contributed by atoms with Crippen LogP contribution in [0, 0.1) is 0 Å². The predicted molar refractivity (Wildman–Crippen MR) is 82.9 cm³/mol. The minimum atomic E-state index is -3.44. The molecule has 0 fully saturated rings. The average molecular weight is 325 g/mol. The van der Waals surface area contributed by atoms with Crippen LogP contribution in [0.2, 0.25) is 5.02 Å². The molecule has 2 rings (SSSR count). The number of halogens is 1. The number of aromatic hydroxyl groups is 2. The zero-order valence-corrected chi connectivity index (χ0v) is 12.5. The Bertz CT molecular complexity index is 765. The Morgan fingerprint density at radius 2 is 1.67 bits per heavy atom. The number of hydrogen-bond donors (Lipinski definition) is 2. The van der Waals surface area contributed by atoms with Crippen LogP contribution in [0.5, 0.6) is 11.5 Å². The second-order valence-corrected chi connectivity index (χ2v) is 6.81. The zero-order chi connectivity index (χ0) is 15.5. The maximum Gasteiger partial charge on any atom is 0.175 e. The van der Waals surface area contributed by atoms with Crippen LogP contribution in [0.1, 0.15) is 11.1 Å². The molecule has 0 aromatic heterocycles. The summed E-state index contributed by atoms with van der Waals surface area (Å²) in [5, 5.41) is 20.2. The summed E-state index contributed by atoms with van der Waals surface area (Å²) in [6.45, 7) is 0. The van der Waals surface area contributed by atoms with Gasteiger partial charge in [0.15, 0.2) is 21.3 Å². The molecule has 0 heterocycles. The van der Waals surface area contributed by atoms with Crippen molar-refractivity contribution in [1.82, 2.24) is 0 Å². The molecular weight excluding hydrogens is 312 g/mol. The Morgan fingerprint density at radius 3 is 2.29 bits per heavy atom. The van der Waals surface area contributed by atoms with E-state index in [1.54, 1.807) is 24.3 Å². The second-order valence-electron chi connectivity index (χ2n) is 4.48. The van der Waals surface area contributed by atoms with Crippen molar-refractivity contribution in [3.63, 3.8) is 0 Å². The molecule has 21 heavy (non-hydrogen) atoms. The first-order valence-corrected chi connectivity index (χ1v) is 8.12. The monoisotopic (exact) mass is 324 g/mol. The van der Waals surface area contributed by atoms with Gasteiger partial charge in [0.25, 0.3) is 0 Å². The zero-order valence-electron chi connectivity index (χ0n) is 10.9. The topological polar surface area (TPSA) is 74.6 Å². The number of phenolic OH excluding ortho intramolecular Hbond substituents is 2. The molecule has 2 aromatic carbocycles. The highest BCUT2D eigenvalue weighted by Crippen LogP contribution is 2.25. The standard InChI is InChI=1S/C15H13ClO4S/c16-13-4-1-12(2-5-13)10-21(19,20)8-7-11-3-6-14(17)15(18)9-11/h1-9,17-18H,10H2. The van der Waals surface area contributed by atoms with Crippen LogP contribution in [0.3, 0.4) is 0 Å². The fourth-order valence-electron chi connectivity index (χ4n) is 1.69. The van der Waals surface area contributed by atoms with E-state index in [1.807, 2.05) is 0 Å². The third-order valence-corrected chi connectivity index (χ3v) is 4.29. The van der Waals surface area contributed by atoms with Crippen molar-refractivity contribution in [2.24, 2.45) is 0 Å². The van der Waals surface area contributed by atoms with E-state index in [2.05, 4.69) is 0 Å². The highest BCUT2D eigenvalue weighted by atomic mass is 35.5. The van der Waals surface area contributed by atoms with E-state index in [1.165, 1.54) is 24.3 Å². The van der Waals surface area contributed by atoms with Crippen LogP contribution in [-0.2, 0) is 15.6 Å². The van der Waals surface area contributed by atoms with E-state index in [0.717, 1.165) is 5.41 Å². The third kappa shape index (κ3) is 4.51. The van der Waals surface area contributed by atoms with Crippen LogP contribution in [0.4, 0.5) is 0 Å². The largest absolute Gasteiger partial charge is 0.504 e. The van der Waals surface area contributed by atoms with Crippen LogP contribution >= 0.6 is 11.6 Å². The maximum absolute atomic E-state index is 12.0. The van der Waals surface area contributed by atoms with Gasteiger partial charge in [-0.3, -0.25) is 0 Å². The van der Waals surface area contributed by atoms with Crippen molar-refractivity contribution in [1.29, 1.82) is 0 Å². The molecule has 0 saturated carbocycles. The van der Waals surface area contributed by atoms with Gasteiger partial charge in [-0.15, -0.1) is 0 Å². The fourth-order valence-corrected chi connectivity index (χ4v) is 2.93. The molecule has 0 amide bonds. The molecule has 110 valence electrons. The summed E-state index contributed by atoms with van der Waals surface area (Å²) in [6.07, 6.45) is 1.37. The maximum atomic E-state index is 12.0. The summed E-state index contributed by atoms with van der Waals surface area (Å²) in [6, 6.07) is 10.6. The summed E-state index contributed by atoms with van der Waals surface area (Å²) in [5.74, 6) is -0.687. The summed E-state index contributed by atoms with van der Waals surface area (Å²) in [4.78, 5) is 0.